The molecule has 2 aromatic rings. The lowest BCUT2D eigenvalue weighted by atomic mass is 10.1. The zero-order chi connectivity index (χ0) is 16.7. The van der Waals surface area contributed by atoms with Gasteiger partial charge in [-0.3, -0.25) is 0 Å². The van der Waals surface area contributed by atoms with Crippen LogP contribution in [-0.2, 0) is 0 Å². The number of methoxy groups -OCH3 is 2. The van der Waals surface area contributed by atoms with Gasteiger partial charge in [-0.25, -0.2) is 0 Å². The van der Waals surface area contributed by atoms with Crippen LogP contribution in [0.5, 0.6) is 11.5 Å². The van der Waals surface area contributed by atoms with Crippen LogP contribution >= 0.6 is 12.2 Å². The summed E-state index contributed by atoms with van der Waals surface area (Å²) in [4.78, 5) is 0. The van der Waals surface area contributed by atoms with Crippen LogP contribution in [0.15, 0.2) is 48.5 Å². The Morgan fingerprint density at radius 3 is 2.35 bits per heavy atom. The first-order valence-electron chi connectivity index (χ1n) is 7.52. The molecule has 2 N–H and O–H groups in total. The number of anilines is 1. The Kier molecular flexibility index (Phi) is 6.23. The molecule has 0 aliphatic carbocycles. The lowest BCUT2D eigenvalue weighted by Gasteiger charge is -2.20. The number of hydrogen-bond donors (Lipinski definition) is 2. The molecule has 23 heavy (non-hydrogen) atoms. The van der Waals surface area contributed by atoms with Crippen molar-refractivity contribution in [1.82, 2.24) is 5.32 Å². The summed E-state index contributed by atoms with van der Waals surface area (Å²) in [5, 5.41) is 7.11. The molecule has 0 saturated heterocycles. The molecule has 0 radical (unpaired) electrons. The average molecular weight is 330 g/mol. The summed E-state index contributed by atoms with van der Waals surface area (Å²) >= 11 is 5.43. The molecule has 0 fully saturated rings. The van der Waals surface area contributed by atoms with E-state index in [1.807, 2.05) is 36.4 Å². The number of benzene rings is 2. The van der Waals surface area contributed by atoms with E-state index in [0.717, 1.165) is 12.1 Å². The molecule has 0 saturated carbocycles. The first-order valence-corrected chi connectivity index (χ1v) is 7.93. The SMILES string of the molecule is CC[C@H](NC(=S)Nc1ccc(OC)c(OC)c1)c1ccccc1. The highest BCUT2D eigenvalue weighted by Gasteiger charge is 2.11. The minimum absolute atomic E-state index is 0.177. The van der Waals surface area contributed by atoms with Crippen LogP contribution in [0.25, 0.3) is 0 Å². The first kappa shape index (κ1) is 17.1. The summed E-state index contributed by atoms with van der Waals surface area (Å²) in [7, 11) is 3.23. The van der Waals surface area contributed by atoms with Gasteiger partial charge in [0, 0.05) is 11.8 Å². The summed E-state index contributed by atoms with van der Waals surface area (Å²) in [6.07, 6.45) is 0.942. The fourth-order valence-electron chi connectivity index (χ4n) is 2.35. The molecule has 0 spiro atoms. The van der Waals surface area contributed by atoms with E-state index in [1.54, 1.807) is 14.2 Å². The van der Waals surface area contributed by atoms with E-state index in [9.17, 15) is 0 Å². The molecule has 0 bridgehead atoms. The van der Waals surface area contributed by atoms with Gasteiger partial charge in [-0.05, 0) is 36.3 Å². The van der Waals surface area contributed by atoms with Crippen molar-refractivity contribution < 1.29 is 9.47 Å². The van der Waals surface area contributed by atoms with Crippen LogP contribution in [0.3, 0.4) is 0 Å². The van der Waals surface area contributed by atoms with E-state index in [2.05, 4.69) is 29.7 Å². The fraction of sp³-hybridized carbons (Fsp3) is 0.278. The zero-order valence-corrected chi connectivity index (χ0v) is 14.4. The number of nitrogens with one attached hydrogen (secondary N) is 2. The molecule has 0 heterocycles. The van der Waals surface area contributed by atoms with E-state index in [1.165, 1.54) is 5.56 Å². The van der Waals surface area contributed by atoms with Crippen molar-refractivity contribution in [1.29, 1.82) is 0 Å². The lowest BCUT2D eigenvalue weighted by Crippen LogP contribution is -2.32. The predicted octanol–water partition coefficient (Wildman–Crippen LogP) is 4.14. The van der Waals surface area contributed by atoms with Gasteiger partial charge in [0.15, 0.2) is 16.6 Å². The van der Waals surface area contributed by atoms with Gasteiger partial charge in [0.1, 0.15) is 0 Å². The molecule has 0 unspecified atom stereocenters. The van der Waals surface area contributed by atoms with Crippen molar-refractivity contribution in [2.24, 2.45) is 0 Å². The number of rotatable bonds is 6. The summed E-state index contributed by atoms with van der Waals surface area (Å²) in [5.41, 5.74) is 2.06. The molecule has 0 amide bonds. The van der Waals surface area contributed by atoms with E-state index in [4.69, 9.17) is 21.7 Å². The molecule has 2 rings (SSSR count). The Morgan fingerprint density at radius 1 is 1.04 bits per heavy atom. The smallest absolute Gasteiger partial charge is 0.171 e. The zero-order valence-electron chi connectivity index (χ0n) is 13.6. The van der Waals surface area contributed by atoms with Gasteiger partial charge >= 0.3 is 0 Å². The quantitative estimate of drug-likeness (QED) is 0.779. The van der Waals surface area contributed by atoms with Crippen molar-refractivity contribution in [2.45, 2.75) is 19.4 Å². The van der Waals surface area contributed by atoms with Gasteiger partial charge in [-0.2, -0.15) is 0 Å². The Bertz CT molecular complexity index is 647. The summed E-state index contributed by atoms with van der Waals surface area (Å²) in [5.74, 6) is 1.35. The third-order valence-electron chi connectivity index (χ3n) is 3.56. The molecule has 0 aromatic heterocycles. The molecule has 2 aromatic carbocycles. The highest BCUT2D eigenvalue weighted by molar-refractivity contribution is 7.80. The van der Waals surface area contributed by atoms with Crippen LogP contribution in [-0.4, -0.2) is 19.3 Å². The van der Waals surface area contributed by atoms with E-state index in [-0.39, 0.29) is 6.04 Å². The van der Waals surface area contributed by atoms with Crippen LogP contribution in [0.2, 0.25) is 0 Å². The second-order valence-corrected chi connectivity index (χ2v) is 5.45. The van der Waals surface area contributed by atoms with E-state index >= 15 is 0 Å². The normalized spacial score (nSPS) is 11.4. The third kappa shape index (κ3) is 4.60. The Morgan fingerprint density at radius 2 is 1.74 bits per heavy atom. The van der Waals surface area contributed by atoms with Gasteiger partial charge in [0.05, 0.1) is 20.3 Å². The standard InChI is InChI=1S/C18H22N2O2S/c1-4-15(13-8-6-5-7-9-13)20-18(23)19-14-10-11-16(21-2)17(12-14)22-3/h5-12,15H,4H2,1-3H3,(H2,19,20,23)/t15-/m0/s1. The lowest BCUT2D eigenvalue weighted by molar-refractivity contribution is 0.355. The molecule has 4 nitrogen and oxygen atoms in total. The maximum absolute atomic E-state index is 5.43. The molecule has 5 heteroatoms. The van der Waals surface area contributed by atoms with Crippen molar-refractivity contribution in [3.8, 4) is 11.5 Å². The first-order chi connectivity index (χ1) is 11.2. The van der Waals surface area contributed by atoms with Crippen LogP contribution in [0, 0.1) is 0 Å². The predicted molar refractivity (Wildman–Crippen MR) is 98.4 cm³/mol. The Balaban J connectivity index is 2.04. The van der Waals surface area contributed by atoms with Crippen molar-refractivity contribution in [3.05, 3.63) is 54.1 Å². The van der Waals surface area contributed by atoms with Crippen molar-refractivity contribution >= 4 is 23.0 Å². The van der Waals surface area contributed by atoms with E-state index in [0.29, 0.717) is 16.6 Å². The van der Waals surface area contributed by atoms with E-state index < -0.39 is 0 Å². The molecular formula is C18H22N2O2S. The Hall–Kier alpha value is -2.27. The second-order valence-electron chi connectivity index (χ2n) is 5.04. The minimum Gasteiger partial charge on any atom is -0.493 e. The molecular weight excluding hydrogens is 308 g/mol. The van der Waals surface area contributed by atoms with Crippen molar-refractivity contribution in [3.63, 3.8) is 0 Å². The summed E-state index contributed by atoms with van der Waals surface area (Å²) in [6.45, 7) is 2.13. The number of hydrogen-bond acceptors (Lipinski definition) is 3. The van der Waals surface area contributed by atoms with Crippen molar-refractivity contribution in [2.75, 3.05) is 19.5 Å². The topological polar surface area (TPSA) is 42.5 Å². The van der Waals surface area contributed by atoms with Gasteiger partial charge in [-0.1, -0.05) is 37.3 Å². The van der Waals surface area contributed by atoms with Crippen LogP contribution in [0.4, 0.5) is 5.69 Å². The third-order valence-corrected chi connectivity index (χ3v) is 3.78. The molecule has 122 valence electrons. The highest BCUT2D eigenvalue weighted by Crippen LogP contribution is 2.29. The number of thiocarbonyl (C=S) groups is 1. The second kappa shape index (κ2) is 8.39. The van der Waals surface area contributed by atoms with Gasteiger partial charge < -0.3 is 20.1 Å². The minimum atomic E-state index is 0.177. The fourth-order valence-corrected chi connectivity index (χ4v) is 2.61. The summed E-state index contributed by atoms with van der Waals surface area (Å²) < 4.78 is 10.5. The van der Waals surface area contributed by atoms with Gasteiger partial charge in [0.2, 0.25) is 0 Å². The Labute approximate surface area is 142 Å². The van der Waals surface area contributed by atoms with Gasteiger partial charge in [0.25, 0.3) is 0 Å². The molecule has 0 aliphatic heterocycles. The highest BCUT2D eigenvalue weighted by atomic mass is 32.1. The maximum Gasteiger partial charge on any atom is 0.171 e. The largest absolute Gasteiger partial charge is 0.493 e. The summed E-state index contributed by atoms with van der Waals surface area (Å²) in [6, 6.07) is 16.1. The number of ether oxygens (including phenoxy) is 2. The van der Waals surface area contributed by atoms with Crippen LogP contribution in [0.1, 0.15) is 24.9 Å². The van der Waals surface area contributed by atoms with Crippen LogP contribution < -0.4 is 20.1 Å². The monoisotopic (exact) mass is 330 g/mol. The average Bonchev–Trinajstić information content (AvgIpc) is 2.60. The molecule has 1 atom stereocenters. The maximum atomic E-state index is 5.43. The molecule has 0 aliphatic rings. The van der Waals surface area contributed by atoms with Gasteiger partial charge in [-0.15, -0.1) is 0 Å².